The summed E-state index contributed by atoms with van der Waals surface area (Å²) in [5, 5.41) is 0. The van der Waals surface area contributed by atoms with E-state index in [9.17, 15) is 9.59 Å². The lowest BCUT2D eigenvalue weighted by molar-refractivity contribution is -0.124. The summed E-state index contributed by atoms with van der Waals surface area (Å²) in [5.41, 5.74) is 13.3. The van der Waals surface area contributed by atoms with E-state index < -0.39 is 11.8 Å². The van der Waals surface area contributed by atoms with Crippen molar-refractivity contribution in [3.05, 3.63) is 29.8 Å². The number of anilines is 1. The van der Waals surface area contributed by atoms with Gasteiger partial charge < -0.3 is 11.5 Å². The van der Waals surface area contributed by atoms with E-state index in [0.717, 1.165) is 0 Å². The molecule has 0 spiro atoms. The third-order valence-electron chi connectivity index (χ3n) is 1.55. The second kappa shape index (κ2) is 4.97. The van der Waals surface area contributed by atoms with Gasteiger partial charge >= 0.3 is 0 Å². The van der Waals surface area contributed by atoms with Crippen molar-refractivity contribution in [1.29, 1.82) is 0 Å². The van der Waals surface area contributed by atoms with E-state index in [2.05, 4.69) is 10.3 Å². The van der Waals surface area contributed by atoms with Gasteiger partial charge in [-0.25, -0.2) is 5.48 Å². The number of hydrogen-bond acceptors (Lipinski definition) is 4. The Bertz CT molecular complexity index is 361. The number of primary amides is 1. The molecule has 0 aliphatic carbocycles. The molecule has 0 saturated carbocycles. The Kier molecular flexibility index (Phi) is 3.64. The molecular formula is C9H11N3O3. The Morgan fingerprint density at radius 2 is 1.87 bits per heavy atom. The van der Waals surface area contributed by atoms with Crippen LogP contribution in [0.25, 0.3) is 0 Å². The normalized spacial score (nSPS) is 9.60. The van der Waals surface area contributed by atoms with Gasteiger partial charge in [0, 0.05) is 11.3 Å². The summed E-state index contributed by atoms with van der Waals surface area (Å²) >= 11 is 0. The maximum Gasteiger partial charge on any atom is 0.274 e. The van der Waals surface area contributed by atoms with E-state index in [-0.39, 0.29) is 6.61 Å². The van der Waals surface area contributed by atoms with Gasteiger partial charge in [-0.1, -0.05) is 0 Å². The number of amides is 2. The Hall–Kier alpha value is -2.08. The van der Waals surface area contributed by atoms with E-state index in [4.69, 9.17) is 11.5 Å². The van der Waals surface area contributed by atoms with E-state index >= 15 is 0 Å². The minimum Gasteiger partial charge on any atom is -0.399 e. The molecule has 6 nitrogen and oxygen atoms in total. The van der Waals surface area contributed by atoms with Crippen molar-refractivity contribution >= 4 is 17.5 Å². The van der Waals surface area contributed by atoms with Gasteiger partial charge in [-0.3, -0.25) is 14.4 Å². The lowest BCUT2D eigenvalue weighted by Gasteiger charge is -2.03. The quantitative estimate of drug-likeness (QED) is 0.455. The number of hydrogen-bond donors (Lipinski definition) is 3. The van der Waals surface area contributed by atoms with Crippen LogP contribution in [-0.4, -0.2) is 18.4 Å². The zero-order valence-corrected chi connectivity index (χ0v) is 7.90. The van der Waals surface area contributed by atoms with Crippen molar-refractivity contribution in [2.24, 2.45) is 5.73 Å². The van der Waals surface area contributed by atoms with Crippen molar-refractivity contribution in [3.8, 4) is 0 Å². The van der Waals surface area contributed by atoms with Gasteiger partial charge in [-0.15, -0.1) is 0 Å². The van der Waals surface area contributed by atoms with E-state index in [1.807, 2.05) is 0 Å². The predicted octanol–water partition coefficient (Wildman–Crippen LogP) is -0.584. The SMILES string of the molecule is NC(=O)CONC(=O)c1ccc(N)cc1. The molecule has 15 heavy (non-hydrogen) atoms. The third kappa shape index (κ3) is 3.65. The molecule has 6 heteroatoms. The van der Waals surface area contributed by atoms with E-state index in [1.165, 1.54) is 12.1 Å². The van der Waals surface area contributed by atoms with Crippen molar-refractivity contribution in [2.75, 3.05) is 12.3 Å². The average molecular weight is 209 g/mol. The van der Waals surface area contributed by atoms with Gasteiger partial charge in [0.25, 0.3) is 5.91 Å². The van der Waals surface area contributed by atoms with Gasteiger partial charge in [0.05, 0.1) is 0 Å². The smallest absolute Gasteiger partial charge is 0.274 e. The fourth-order valence-corrected chi connectivity index (χ4v) is 0.866. The minimum atomic E-state index is -0.660. The Labute approximate surface area is 86.1 Å². The highest BCUT2D eigenvalue weighted by Crippen LogP contribution is 2.04. The fourth-order valence-electron chi connectivity index (χ4n) is 0.866. The highest BCUT2D eigenvalue weighted by Gasteiger charge is 2.05. The molecule has 0 saturated heterocycles. The van der Waals surface area contributed by atoms with Crippen molar-refractivity contribution < 1.29 is 14.4 Å². The van der Waals surface area contributed by atoms with Gasteiger partial charge in [0.2, 0.25) is 5.91 Å². The first-order chi connectivity index (χ1) is 7.09. The molecule has 1 rings (SSSR count). The topological polar surface area (TPSA) is 107 Å². The zero-order chi connectivity index (χ0) is 11.3. The molecule has 0 aliphatic heterocycles. The van der Waals surface area contributed by atoms with Crippen LogP contribution in [0.5, 0.6) is 0 Å². The number of nitrogen functional groups attached to an aromatic ring is 1. The van der Waals surface area contributed by atoms with Gasteiger partial charge in [-0.05, 0) is 24.3 Å². The molecular weight excluding hydrogens is 198 g/mol. The van der Waals surface area contributed by atoms with Gasteiger partial charge in [-0.2, -0.15) is 0 Å². The zero-order valence-electron chi connectivity index (χ0n) is 7.90. The van der Waals surface area contributed by atoms with Crippen molar-refractivity contribution in [3.63, 3.8) is 0 Å². The molecule has 0 fully saturated rings. The molecule has 0 unspecified atom stereocenters. The Balaban J connectivity index is 2.47. The second-order valence-electron chi connectivity index (χ2n) is 2.81. The Morgan fingerprint density at radius 1 is 1.27 bits per heavy atom. The highest BCUT2D eigenvalue weighted by atomic mass is 16.7. The van der Waals surface area contributed by atoms with E-state index in [1.54, 1.807) is 12.1 Å². The van der Waals surface area contributed by atoms with Gasteiger partial charge in [0.1, 0.15) is 0 Å². The second-order valence-corrected chi connectivity index (χ2v) is 2.81. The summed E-state index contributed by atoms with van der Waals surface area (Å²) in [6.45, 7) is -0.360. The molecule has 2 amide bonds. The number of nitrogens with two attached hydrogens (primary N) is 2. The number of nitrogens with one attached hydrogen (secondary N) is 1. The maximum atomic E-state index is 11.3. The van der Waals surface area contributed by atoms with Crippen LogP contribution in [0.3, 0.4) is 0 Å². The van der Waals surface area contributed by atoms with Crippen LogP contribution in [0.2, 0.25) is 0 Å². The molecule has 0 aromatic heterocycles. The summed E-state index contributed by atoms with van der Waals surface area (Å²) in [4.78, 5) is 26.1. The lowest BCUT2D eigenvalue weighted by Crippen LogP contribution is -2.29. The van der Waals surface area contributed by atoms with Crippen LogP contribution in [0.15, 0.2) is 24.3 Å². The lowest BCUT2D eigenvalue weighted by atomic mass is 10.2. The highest BCUT2D eigenvalue weighted by molar-refractivity contribution is 5.93. The molecule has 5 N–H and O–H groups in total. The number of carbonyl (C=O) groups excluding carboxylic acids is 2. The third-order valence-corrected chi connectivity index (χ3v) is 1.55. The minimum absolute atomic E-state index is 0.360. The van der Waals surface area contributed by atoms with Crippen LogP contribution in [0, 0.1) is 0 Å². The van der Waals surface area contributed by atoms with Crippen molar-refractivity contribution in [1.82, 2.24) is 5.48 Å². The fraction of sp³-hybridized carbons (Fsp3) is 0.111. The summed E-state index contributed by atoms with van der Waals surface area (Å²) in [7, 11) is 0. The molecule has 1 aromatic carbocycles. The number of rotatable bonds is 4. The molecule has 80 valence electrons. The molecule has 1 aromatic rings. The molecule has 0 aliphatic rings. The Morgan fingerprint density at radius 3 is 2.40 bits per heavy atom. The average Bonchev–Trinajstić information content (AvgIpc) is 2.18. The molecule has 0 radical (unpaired) electrons. The number of hydroxylamine groups is 1. The van der Waals surface area contributed by atoms with Crippen LogP contribution in [0.1, 0.15) is 10.4 Å². The van der Waals surface area contributed by atoms with Crippen LogP contribution in [0.4, 0.5) is 5.69 Å². The molecule has 0 bridgehead atoms. The first-order valence-electron chi connectivity index (χ1n) is 4.15. The van der Waals surface area contributed by atoms with Crippen LogP contribution < -0.4 is 16.9 Å². The summed E-state index contributed by atoms with van der Waals surface area (Å²) in [5.74, 6) is -1.12. The number of benzene rings is 1. The van der Waals surface area contributed by atoms with Gasteiger partial charge in [0.15, 0.2) is 6.61 Å². The largest absolute Gasteiger partial charge is 0.399 e. The summed E-state index contributed by atoms with van der Waals surface area (Å²) < 4.78 is 0. The summed E-state index contributed by atoms with van der Waals surface area (Å²) in [6, 6.07) is 6.25. The molecule has 0 atom stereocenters. The first-order valence-corrected chi connectivity index (χ1v) is 4.15. The number of carbonyl (C=O) groups is 2. The monoisotopic (exact) mass is 209 g/mol. The van der Waals surface area contributed by atoms with Crippen molar-refractivity contribution in [2.45, 2.75) is 0 Å². The van der Waals surface area contributed by atoms with Crippen LogP contribution >= 0.6 is 0 Å². The summed E-state index contributed by atoms with van der Waals surface area (Å²) in [6.07, 6.45) is 0. The maximum absolute atomic E-state index is 11.3. The molecule has 0 heterocycles. The predicted molar refractivity (Wildman–Crippen MR) is 53.5 cm³/mol. The van der Waals surface area contributed by atoms with E-state index in [0.29, 0.717) is 11.3 Å². The van der Waals surface area contributed by atoms with Crippen LogP contribution in [-0.2, 0) is 9.63 Å². The standard InChI is InChI=1S/C9H11N3O3/c10-7-3-1-6(2-4-7)9(14)12-15-5-8(11)13/h1-4H,5,10H2,(H2,11,13)(H,12,14). The first kappa shape index (κ1) is 11.0.